The van der Waals surface area contributed by atoms with E-state index < -0.39 is 17.5 Å². The van der Waals surface area contributed by atoms with E-state index in [2.05, 4.69) is 37.4 Å². The number of hydrogen-bond acceptors (Lipinski definition) is 7. The predicted octanol–water partition coefficient (Wildman–Crippen LogP) is 2.76. The Morgan fingerprint density at radius 3 is 2.39 bits per heavy atom. The molecule has 2 saturated heterocycles. The van der Waals surface area contributed by atoms with Gasteiger partial charge in [0.2, 0.25) is 5.54 Å². The number of nitrogens with zero attached hydrogens (tertiary/aromatic N) is 4. The maximum atomic E-state index is 13.2. The van der Waals surface area contributed by atoms with Crippen LogP contribution >= 0.6 is 0 Å². The van der Waals surface area contributed by atoms with E-state index in [1.807, 2.05) is 18.2 Å². The Morgan fingerprint density at radius 1 is 1.02 bits per heavy atom. The van der Waals surface area contributed by atoms with Crippen molar-refractivity contribution in [3.63, 3.8) is 0 Å². The molecule has 44 heavy (non-hydrogen) atoms. The lowest BCUT2D eigenvalue weighted by atomic mass is 9.98. The first-order chi connectivity index (χ1) is 21.4. The van der Waals surface area contributed by atoms with Gasteiger partial charge in [0.15, 0.2) is 5.84 Å². The lowest BCUT2D eigenvalue weighted by Crippen LogP contribution is -2.54. The van der Waals surface area contributed by atoms with Gasteiger partial charge in [-0.1, -0.05) is 48.7 Å². The fourth-order valence-corrected chi connectivity index (χ4v) is 6.72. The van der Waals surface area contributed by atoms with E-state index in [1.54, 1.807) is 24.3 Å². The molecule has 230 valence electrons. The molecule has 1 atom stereocenters. The Kier molecular flexibility index (Phi) is 8.44. The van der Waals surface area contributed by atoms with E-state index in [4.69, 9.17) is 4.74 Å². The number of ether oxygens (including phenoxy) is 1. The minimum atomic E-state index is -1.60. The van der Waals surface area contributed by atoms with Gasteiger partial charge in [0.1, 0.15) is 5.75 Å². The second-order valence-corrected chi connectivity index (χ2v) is 11.9. The Bertz CT molecular complexity index is 1510. The van der Waals surface area contributed by atoms with Gasteiger partial charge in [0, 0.05) is 55.5 Å². The van der Waals surface area contributed by atoms with Crippen LogP contribution in [0.1, 0.15) is 65.6 Å². The molecular weight excluding hydrogens is 560 g/mol. The highest BCUT2D eigenvalue weighted by molar-refractivity contribution is 6.10. The molecule has 1 aliphatic carbocycles. The van der Waals surface area contributed by atoms with Crippen molar-refractivity contribution in [3.8, 4) is 17.6 Å². The topological polar surface area (TPSA) is 127 Å². The summed E-state index contributed by atoms with van der Waals surface area (Å²) in [4.78, 5) is 44.6. The number of carbonyl (C=O) groups excluding carboxylic acids is 3. The number of benzene rings is 2. The second kappa shape index (κ2) is 12.6. The first-order valence-electron chi connectivity index (χ1n) is 15.3. The molecular formula is C33H38N6O5. The molecule has 3 heterocycles. The van der Waals surface area contributed by atoms with Crippen LogP contribution in [0.4, 0.5) is 4.79 Å². The average Bonchev–Trinajstić information content (AvgIpc) is 3.33. The maximum absolute atomic E-state index is 13.2. The fourth-order valence-electron chi connectivity index (χ4n) is 6.72. The summed E-state index contributed by atoms with van der Waals surface area (Å²) in [5.74, 6) is 6.18. The van der Waals surface area contributed by atoms with E-state index in [9.17, 15) is 19.6 Å². The summed E-state index contributed by atoms with van der Waals surface area (Å²) in [5.41, 5.74) is 1.08. The minimum Gasteiger partial charge on any atom is -0.497 e. The summed E-state index contributed by atoms with van der Waals surface area (Å²) < 4.78 is 5.25. The molecule has 11 nitrogen and oxygen atoms in total. The van der Waals surface area contributed by atoms with E-state index in [-0.39, 0.29) is 19.0 Å². The number of urea groups is 1. The first kappa shape index (κ1) is 29.5. The zero-order valence-electron chi connectivity index (χ0n) is 25.0. The highest BCUT2D eigenvalue weighted by Crippen LogP contribution is 2.29. The van der Waals surface area contributed by atoms with Gasteiger partial charge in [0.25, 0.3) is 11.8 Å². The molecule has 0 spiro atoms. The van der Waals surface area contributed by atoms with Crippen LogP contribution in [0.15, 0.2) is 47.6 Å². The number of methoxy groups -OCH3 is 1. The number of piperazine rings is 1. The monoisotopic (exact) mass is 598 g/mol. The largest absolute Gasteiger partial charge is 0.497 e. The summed E-state index contributed by atoms with van der Waals surface area (Å²) >= 11 is 0. The van der Waals surface area contributed by atoms with Crippen molar-refractivity contribution in [2.24, 2.45) is 5.16 Å². The Hall–Kier alpha value is -4.56. The third kappa shape index (κ3) is 5.95. The summed E-state index contributed by atoms with van der Waals surface area (Å²) in [7, 11) is 1.53. The molecule has 6 rings (SSSR count). The molecule has 3 N–H and O–H groups in total. The van der Waals surface area contributed by atoms with Crippen LogP contribution in [-0.4, -0.2) is 95.0 Å². The Balaban J connectivity index is 1.14. The van der Waals surface area contributed by atoms with Gasteiger partial charge < -0.3 is 25.1 Å². The Labute approximate surface area is 257 Å². The maximum Gasteiger partial charge on any atom is 0.323 e. The Morgan fingerprint density at radius 2 is 1.75 bits per heavy atom. The van der Waals surface area contributed by atoms with E-state index >= 15 is 0 Å². The van der Waals surface area contributed by atoms with Gasteiger partial charge in [0.05, 0.1) is 13.7 Å². The number of hydrogen-bond donors (Lipinski definition) is 3. The zero-order chi connectivity index (χ0) is 30.7. The molecule has 4 amide bonds. The van der Waals surface area contributed by atoms with Crippen molar-refractivity contribution in [1.29, 1.82) is 0 Å². The number of carbonyl (C=O) groups is 3. The molecule has 3 fully saturated rings. The van der Waals surface area contributed by atoms with Crippen molar-refractivity contribution in [2.45, 2.75) is 56.7 Å². The molecule has 0 aromatic heterocycles. The number of amidine groups is 1. The van der Waals surface area contributed by atoms with Crippen molar-refractivity contribution in [1.82, 2.24) is 25.3 Å². The van der Waals surface area contributed by atoms with E-state index in [0.717, 1.165) is 37.3 Å². The van der Waals surface area contributed by atoms with Gasteiger partial charge in [-0.05, 0) is 54.8 Å². The lowest BCUT2D eigenvalue weighted by Gasteiger charge is -2.40. The molecule has 4 aliphatic rings. The second-order valence-electron chi connectivity index (χ2n) is 11.9. The van der Waals surface area contributed by atoms with Gasteiger partial charge in [-0.3, -0.25) is 19.8 Å². The number of fused-ring (bicyclic) bond motifs is 1. The molecule has 1 saturated carbocycles. The SMILES string of the molecule is COc1ccc2c(c1)C(=O)N(C[C@@]1(C#Cc3ccc(C(=NO)N4CCN(C5CCCCCC5)CC4)cc3)NC(=O)NC1=O)C2. The van der Waals surface area contributed by atoms with Gasteiger partial charge in [-0.2, -0.15) is 0 Å². The molecule has 11 heteroatoms. The van der Waals surface area contributed by atoms with Crippen molar-refractivity contribution in [3.05, 3.63) is 64.7 Å². The first-order valence-corrected chi connectivity index (χ1v) is 15.3. The van der Waals surface area contributed by atoms with Crippen LogP contribution in [0, 0.1) is 11.8 Å². The zero-order valence-corrected chi connectivity index (χ0v) is 25.0. The average molecular weight is 599 g/mol. The number of imide groups is 1. The molecule has 2 aromatic rings. The van der Waals surface area contributed by atoms with Crippen molar-refractivity contribution < 1.29 is 24.3 Å². The molecule has 3 aliphatic heterocycles. The predicted molar refractivity (Wildman–Crippen MR) is 163 cm³/mol. The van der Waals surface area contributed by atoms with Crippen molar-refractivity contribution in [2.75, 3.05) is 39.8 Å². The third-order valence-corrected chi connectivity index (χ3v) is 9.18. The van der Waals surface area contributed by atoms with Crippen LogP contribution < -0.4 is 15.4 Å². The highest BCUT2D eigenvalue weighted by Gasteiger charge is 2.48. The van der Waals surface area contributed by atoms with Crippen LogP contribution in [0.2, 0.25) is 0 Å². The quantitative estimate of drug-likeness (QED) is 0.0919. The van der Waals surface area contributed by atoms with Crippen molar-refractivity contribution >= 4 is 23.7 Å². The standard InChI is InChI=1S/C33H38N6O5/c1-44-27-13-12-25-21-39(30(40)28(25)20-27)22-33(31(41)34-32(42)35-33)15-14-23-8-10-24(11-9-23)29(36-43)38-18-16-37(17-19-38)26-6-4-2-3-5-7-26/h8-13,20,26,43H,2-7,16-19,21-22H2,1H3,(H2,34,35,41,42)/t33-/m1/s1. The summed E-state index contributed by atoms with van der Waals surface area (Å²) in [6.07, 6.45) is 7.83. The summed E-state index contributed by atoms with van der Waals surface area (Å²) in [5, 5.41) is 18.5. The number of nitrogens with one attached hydrogen (secondary N) is 2. The van der Waals surface area contributed by atoms with Gasteiger partial charge >= 0.3 is 6.03 Å². The smallest absolute Gasteiger partial charge is 0.323 e. The van der Waals surface area contributed by atoms with E-state index in [0.29, 0.717) is 28.8 Å². The fraction of sp³-hybridized carbons (Fsp3) is 0.455. The van der Waals surface area contributed by atoms with Gasteiger partial charge in [-0.25, -0.2) is 4.79 Å². The number of oxime groups is 1. The lowest BCUT2D eigenvalue weighted by molar-refractivity contribution is -0.122. The van der Waals surface area contributed by atoms with Crippen LogP contribution in [0.5, 0.6) is 5.75 Å². The highest BCUT2D eigenvalue weighted by atomic mass is 16.5. The van der Waals surface area contributed by atoms with E-state index in [1.165, 1.54) is 50.5 Å². The third-order valence-electron chi connectivity index (χ3n) is 9.18. The normalized spacial score (nSPS) is 23.0. The molecule has 0 unspecified atom stereocenters. The molecule has 2 aromatic carbocycles. The number of amides is 4. The summed E-state index contributed by atoms with van der Waals surface area (Å²) in [6.45, 7) is 3.65. The number of rotatable bonds is 5. The van der Waals surface area contributed by atoms with Crippen LogP contribution in [0.25, 0.3) is 0 Å². The van der Waals surface area contributed by atoms with Crippen LogP contribution in [-0.2, 0) is 11.3 Å². The molecule has 0 radical (unpaired) electrons. The summed E-state index contributed by atoms with van der Waals surface area (Å²) in [6, 6.07) is 12.5. The molecule has 0 bridgehead atoms. The van der Waals surface area contributed by atoms with Crippen LogP contribution in [0.3, 0.4) is 0 Å². The minimum absolute atomic E-state index is 0.111. The van der Waals surface area contributed by atoms with Gasteiger partial charge in [-0.15, -0.1) is 0 Å².